The Hall–Kier alpha value is -2.87. The number of amides is 1. The van der Waals surface area contributed by atoms with Crippen molar-refractivity contribution in [3.8, 4) is 11.5 Å². The van der Waals surface area contributed by atoms with Gasteiger partial charge < -0.3 is 14.8 Å². The Labute approximate surface area is 142 Å². The highest BCUT2D eigenvalue weighted by molar-refractivity contribution is 7.80. The van der Waals surface area contributed by atoms with E-state index < -0.39 is 17.8 Å². The molecular weight excluding hydrogens is 333 g/mol. The first-order chi connectivity index (χ1) is 11.6. The zero-order chi connectivity index (χ0) is 16.9. The maximum Gasteiger partial charge on any atom is 0.283 e. The van der Waals surface area contributed by atoms with Crippen LogP contribution in [0.4, 0.5) is 10.1 Å². The quantitative estimate of drug-likeness (QED) is 0.570. The maximum absolute atomic E-state index is 13.5. The van der Waals surface area contributed by atoms with Gasteiger partial charge in [0.1, 0.15) is 12.4 Å². The van der Waals surface area contributed by atoms with Crippen LogP contribution in [0.3, 0.4) is 0 Å². The van der Waals surface area contributed by atoms with E-state index in [2.05, 4.69) is 16.2 Å². The predicted octanol–water partition coefficient (Wildman–Crippen LogP) is 1.98. The summed E-state index contributed by atoms with van der Waals surface area (Å²) in [5, 5.41) is 2.69. The maximum atomic E-state index is 13.5. The summed E-state index contributed by atoms with van der Waals surface area (Å²) in [6, 6.07) is 13.1. The lowest BCUT2D eigenvalue weighted by molar-refractivity contribution is -0.130. The average Bonchev–Trinajstić information content (AvgIpc) is 2.61. The lowest BCUT2D eigenvalue weighted by Gasteiger charge is -2.25. The number of benzene rings is 2. The summed E-state index contributed by atoms with van der Waals surface area (Å²) >= 11 is 5.00. The van der Waals surface area contributed by atoms with Crippen molar-refractivity contribution in [1.29, 1.82) is 0 Å². The molecule has 0 bridgehead atoms. The molecule has 1 atom stereocenters. The van der Waals surface area contributed by atoms with Gasteiger partial charge in [0, 0.05) is 0 Å². The van der Waals surface area contributed by atoms with Crippen LogP contribution in [0.15, 0.2) is 48.5 Å². The van der Waals surface area contributed by atoms with Crippen molar-refractivity contribution in [1.82, 2.24) is 10.9 Å². The molecule has 0 aliphatic carbocycles. The normalized spacial score (nSPS) is 15.3. The van der Waals surface area contributed by atoms with Crippen molar-refractivity contribution >= 4 is 28.9 Å². The predicted molar refractivity (Wildman–Crippen MR) is 90.3 cm³/mol. The molecule has 8 heteroatoms. The van der Waals surface area contributed by atoms with Crippen LogP contribution in [0.25, 0.3) is 0 Å². The average molecular weight is 347 g/mol. The Kier molecular flexibility index (Phi) is 4.76. The fourth-order valence-corrected chi connectivity index (χ4v) is 2.22. The van der Waals surface area contributed by atoms with E-state index in [1.54, 1.807) is 30.3 Å². The lowest BCUT2D eigenvalue weighted by Crippen LogP contribution is -2.51. The number of anilines is 1. The van der Waals surface area contributed by atoms with E-state index in [0.29, 0.717) is 11.5 Å². The molecule has 0 fully saturated rings. The van der Waals surface area contributed by atoms with Crippen LogP contribution in [0.5, 0.6) is 11.5 Å². The summed E-state index contributed by atoms with van der Waals surface area (Å²) in [4.78, 5) is 12.1. The van der Waals surface area contributed by atoms with Gasteiger partial charge in [0.25, 0.3) is 5.91 Å². The van der Waals surface area contributed by atoms with Crippen LogP contribution >= 0.6 is 12.2 Å². The largest absolute Gasteiger partial charge is 0.485 e. The number of hydrogen-bond donors (Lipinski definition) is 3. The summed E-state index contributed by atoms with van der Waals surface area (Å²) in [7, 11) is 0. The van der Waals surface area contributed by atoms with E-state index in [0.717, 1.165) is 0 Å². The molecule has 0 spiro atoms. The number of rotatable bonds is 2. The molecule has 1 heterocycles. The topological polar surface area (TPSA) is 71.6 Å². The van der Waals surface area contributed by atoms with E-state index in [4.69, 9.17) is 21.7 Å². The molecule has 6 nitrogen and oxygen atoms in total. The molecule has 1 aliphatic heterocycles. The van der Waals surface area contributed by atoms with Gasteiger partial charge in [-0.3, -0.25) is 15.6 Å². The number of halogens is 1. The third-order valence-electron chi connectivity index (χ3n) is 3.22. The first kappa shape index (κ1) is 16.0. The van der Waals surface area contributed by atoms with Gasteiger partial charge in [-0.25, -0.2) is 4.39 Å². The minimum absolute atomic E-state index is 0.0468. The third-order valence-corrected chi connectivity index (χ3v) is 3.43. The first-order valence-corrected chi connectivity index (χ1v) is 7.54. The van der Waals surface area contributed by atoms with Gasteiger partial charge in [0.2, 0.25) is 6.10 Å². The lowest BCUT2D eigenvalue weighted by atomic mass is 10.2. The Bertz CT molecular complexity index is 772. The molecule has 0 radical (unpaired) electrons. The van der Waals surface area contributed by atoms with Gasteiger partial charge in [0.15, 0.2) is 16.6 Å². The number of carbonyl (C=O) groups is 1. The SMILES string of the molecule is O=C(NNC(=S)Nc1ccccc1F)C1COc2ccccc2O1. The zero-order valence-electron chi connectivity index (χ0n) is 12.4. The van der Waals surface area contributed by atoms with Gasteiger partial charge in [-0.1, -0.05) is 24.3 Å². The number of nitrogens with one attached hydrogen (secondary N) is 3. The molecule has 2 aromatic rings. The van der Waals surface area contributed by atoms with Gasteiger partial charge >= 0.3 is 0 Å². The van der Waals surface area contributed by atoms with Crippen molar-refractivity contribution in [3.05, 3.63) is 54.3 Å². The van der Waals surface area contributed by atoms with Crippen LogP contribution in [0.2, 0.25) is 0 Å². The van der Waals surface area contributed by atoms with E-state index in [1.165, 1.54) is 12.1 Å². The number of fused-ring (bicyclic) bond motifs is 1. The van der Waals surface area contributed by atoms with Gasteiger partial charge in [-0.15, -0.1) is 0 Å². The van der Waals surface area contributed by atoms with E-state index in [9.17, 15) is 9.18 Å². The number of hydrazine groups is 1. The Balaban J connectivity index is 1.51. The molecule has 0 saturated heterocycles. The van der Waals surface area contributed by atoms with Gasteiger partial charge in [-0.05, 0) is 36.5 Å². The van der Waals surface area contributed by atoms with Crippen LogP contribution in [0.1, 0.15) is 0 Å². The zero-order valence-corrected chi connectivity index (χ0v) is 13.2. The standard InChI is InChI=1S/C16H14FN3O3S/c17-10-5-1-2-6-11(10)18-16(24)20-19-15(21)14-9-22-12-7-3-4-8-13(12)23-14/h1-8,14H,9H2,(H,19,21)(H2,18,20,24). The summed E-state index contributed by atoms with van der Waals surface area (Å²) in [5.41, 5.74) is 5.10. The Morgan fingerprint density at radius 2 is 1.79 bits per heavy atom. The van der Waals surface area contributed by atoms with Crippen molar-refractivity contribution < 1.29 is 18.7 Å². The van der Waals surface area contributed by atoms with Crippen LogP contribution in [-0.4, -0.2) is 23.7 Å². The fourth-order valence-electron chi connectivity index (χ4n) is 2.06. The van der Waals surface area contributed by atoms with Crippen LogP contribution in [0, 0.1) is 5.82 Å². The Morgan fingerprint density at radius 1 is 1.08 bits per heavy atom. The third kappa shape index (κ3) is 3.72. The van der Waals surface area contributed by atoms with E-state index in [-0.39, 0.29) is 17.4 Å². The molecular formula is C16H14FN3O3S. The highest BCUT2D eigenvalue weighted by Crippen LogP contribution is 2.30. The monoisotopic (exact) mass is 347 g/mol. The Morgan fingerprint density at radius 3 is 2.58 bits per heavy atom. The molecule has 2 aromatic carbocycles. The molecule has 1 aliphatic rings. The molecule has 1 unspecified atom stereocenters. The van der Waals surface area contributed by atoms with Crippen molar-refractivity contribution in [3.63, 3.8) is 0 Å². The van der Waals surface area contributed by atoms with Crippen molar-refractivity contribution in [2.75, 3.05) is 11.9 Å². The van der Waals surface area contributed by atoms with Gasteiger partial charge in [0.05, 0.1) is 5.69 Å². The number of thiocarbonyl (C=S) groups is 1. The molecule has 0 saturated carbocycles. The molecule has 3 rings (SSSR count). The molecule has 24 heavy (non-hydrogen) atoms. The number of para-hydroxylation sites is 3. The second-order valence-electron chi connectivity index (χ2n) is 4.91. The second kappa shape index (κ2) is 7.14. The second-order valence-corrected chi connectivity index (χ2v) is 5.32. The number of ether oxygens (including phenoxy) is 2. The minimum atomic E-state index is -0.816. The summed E-state index contributed by atoms with van der Waals surface area (Å²) < 4.78 is 24.5. The van der Waals surface area contributed by atoms with Crippen LogP contribution < -0.4 is 25.6 Å². The highest BCUT2D eigenvalue weighted by Gasteiger charge is 2.27. The summed E-state index contributed by atoms with van der Waals surface area (Å²) in [5.74, 6) is 0.179. The van der Waals surface area contributed by atoms with Crippen molar-refractivity contribution in [2.45, 2.75) is 6.10 Å². The van der Waals surface area contributed by atoms with Gasteiger partial charge in [-0.2, -0.15) is 0 Å². The fraction of sp³-hybridized carbons (Fsp3) is 0.125. The van der Waals surface area contributed by atoms with E-state index >= 15 is 0 Å². The molecule has 0 aromatic heterocycles. The minimum Gasteiger partial charge on any atom is -0.485 e. The molecule has 3 N–H and O–H groups in total. The number of carbonyl (C=O) groups excluding carboxylic acids is 1. The highest BCUT2D eigenvalue weighted by atomic mass is 32.1. The molecule has 124 valence electrons. The summed E-state index contributed by atoms with van der Waals surface area (Å²) in [6.45, 7) is 0.0814. The number of hydrogen-bond acceptors (Lipinski definition) is 4. The van der Waals surface area contributed by atoms with Crippen molar-refractivity contribution in [2.24, 2.45) is 0 Å². The molecule has 1 amide bonds. The van der Waals surface area contributed by atoms with E-state index in [1.807, 2.05) is 6.07 Å². The smallest absolute Gasteiger partial charge is 0.283 e. The summed E-state index contributed by atoms with van der Waals surface area (Å²) in [6.07, 6.45) is -0.816. The van der Waals surface area contributed by atoms with Crippen LogP contribution in [-0.2, 0) is 4.79 Å². The first-order valence-electron chi connectivity index (χ1n) is 7.13.